The lowest BCUT2D eigenvalue weighted by Gasteiger charge is -2.25. The van der Waals surface area contributed by atoms with Gasteiger partial charge in [-0.25, -0.2) is 0 Å². The molecule has 2 amide bonds. The Labute approximate surface area is 135 Å². The Kier molecular flexibility index (Phi) is 4.15. The molecule has 0 spiro atoms. The minimum absolute atomic E-state index is 0.0260. The van der Waals surface area contributed by atoms with Crippen LogP contribution in [0.3, 0.4) is 0 Å². The molecule has 1 unspecified atom stereocenters. The number of nitrogens with one attached hydrogen (secondary N) is 1. The van der Waals surface area contributed by atoms with Crippen molar-refractivity contribution in [1.29, 1.82) is 0 Å². The maximum absolute atomic E-state index is 12.7. The first kappa shape index (κ1) is 15.3. The predicted octanol–water partition coefficient (Wildman–Crippen LogP) is 3.15. The summed E-state index contributed by atoms with van der Waals surface area (Å²) >= 11 is 0. The van der Waals surface area contributed by atoms with Gasteiger partial charge in [-0.15, -0.1) is 0 Å². The van der Waals surface area contributed by atoms with E-state index in [-0.39, 0.29) is 11.8 Å². The van der Waals surface area contributed by atoms with E-state index in [1.54, 1.807) is 25.1 Å². The number of hydrogen-bond donors (Lipinski definition) is 2. The number of carbonyl (C=O) groups excluding carboxylic acids is 2. The molecule has 2 aromatic rings. The summed E-state index contributed by atoms with van der Waals surface area (Å²) in [6, 6.07) is 13.3. The molecule has 0 radical (unpaired) electrons. The number of carbonyl (C=O) groups is 2. The Balaban J connectivity index is 1.86. The molecule has 0 aromatic heterocycles. The number of benzene rings is 2. The van der Waals surface area contributed by atoms with Gasteiger partial charge in [-0.3, -0.25) is 9.59 Å². The zero-order chi connectivity index (χ0) is 16.4. The first-order chi connectivity index (χ1) is 11.1. The van der Waals surface area contributed by atoms with Crippen LogP contribution >= 0.6 is 0 Å². The van der Waals surface area contributed by atoms with E-state index in [2.05, 4.69) is 11.4 Å². The van der Waals surface area contributed by atoms with Crippen LogP contribution in [0.5, 0.6) is 0 Å². The topological polar surface area (TPSA) is 72.2 Å². The number of anilines is 1. The maximum Gasteiger partial charge on any atom is 0.249 e. The van der Waals surface area contributed by atoms with E-state index in [0.29, 0.717) is 16.8 Å². The van der Waals surface area contributed by atoms with E-state index in [4.69, 9.17) is 5.73 Å². The van der Waals surface area contributed by atoms with Crippen LogP contribution in [0, 0.1) is 6.92 Å². The van der Waals surface area contributed by atoms with Crippen LogP contribution in [0.15, 0.2) is 42.5 Å². The minimum atomic E-state index is -0.485. The van der Waals surface area contributed by atoms with Crippen LogP contribution in [0.25, 0.3) is 0 Å². The largest absolute Gasteiger partial charge is 0.366 e. The third kappa shape index (κ3) is 2.97. The van der Waals surface area contributed by atoms with Crippen LogP contribution in [0.4, 0.5) is 5.69 Å². The number of nitrogens with two attached hydrogens (primary N) is 1. The molecular formula is C19H20N2O2. The molecule has 0 heterocycles. The van der Waals surface area contributed by atoms with Crippen molar-refractivity contribution in [3.63, 3.8) is 0 Å². The summed E-state index contributed by atoms with van der Waals surface area (Å²) in [5, 5.41) is 2.97. The Bertz CT molecular complexity index is 768. The molecule has 118 valence electrons. The highest BCUT2D eigenvalue weighted by molar-refractivity contribution is 6.00. The van der Waals surface area contributed by atoms with E-state index in [0.717, 1.165) is 24.8 Å². The minimum Gasteiger partial charge on any atom is -0.366 e. The molecule has 0 bridgehead atoms. The molecule has 2 aromatic carbocycles. The van der Waals surface area contributed by atoms with Crippen molar-refractivity contribution in [2.75, 3.05) is 5.32 Å². The SMILES string of the molecule is Cc1c(NC(=O)C2CCCc3ccccc32)cccc1C(N)=O. The Morgan fingerprint density at radius 1 is 1.13 bits per heavy atom. The van der Waals surface area contributed by atoms with Crippen LogP contribution in [0.1, 0.15) is 45.8 Å². The lowest BCUT2D eigenvalue weighted by atomic mass is 9.82. The number of primary amides is 1. The van der Waals surface area contributed by atoms with Gasteiger partial charge < -0.3 is 11.1 Å². The van der Waals surface area contributed by atoms with E-state index < -0.39 is 5.91 Å². The van der Waals surface area contributed by atoms with Crippen molar-refractivity contribution in [1.82, 2.24) is 0 Å². The van der Waals surface area contributed by atoms with Gasteiger partial charge in [-0.05, 0) is 55.0 Å². The molecule has 0 saturated heterocycles. The fourth-order valence-corrected chi connectivity index (χ4v) is 3.28. The van der Waals surface area contributed by atoms with Crippen molar-refractivity contribution in [3.8, 4) is 0 Å². The van der Waals surface area contributed by atoms with E-state index >= 15 is 0 Å². The van der Waals surface area contributed by atoms with Crippen molar-refractivity contribution in [3.05, 3.63) is 64.7 Å². The molecule has 3 N–H and O–H groups in total. The summed E-state index contributed by atoms with van der Waals surface area (Å²) in [7, 11) is 0. The number of aryl methyl sites for hydroxylation is 1. The zero-order valence-electron chi connectivity index (χ0n) is 13.1. The summed E-state index contributed by atoms with van der Waals surface area (Å²) in [4.78, 5) is 24.2. The van der Waals surface area contributed by atoms with Crippen LogP contribution in [-0.2, 0) is 11.2 Å². The van der Waals surface area contributed by atoms with Gasteiger partial charge in [0, 0.05) is 11.3 Å². The summed E-state index contributed by atoms with van der Waals surface area (Å²) in [6.07, 6.45) is 2.88. The number of amides is 2. The average molecular weight is 308 g/mol. The Morgan fingerprint density at radius 3 is 2.70 bits per heavy atom. The van der Waals surface area contributed by atoms with Crippen molar-refractivity contribution in [2.45, 2.75) is 32.1 Å². The molecule has 4 nitrogen and oxygen atoms in total. The molecule has 4 heteroatoms. The van der Waals surface area contributed by atoms with Gasteiger partial charge in [0.15, 0.2) is 0 Å². The summed E-state index contributed by atoms with van der Waals surface area (Å²) in [6.45, 7) is 1.80. The molecule has 1 atom stereocenters. The normalized spacial score (nSPS) is 16.5. The van der Waals surface area contributed by atoms with Gasteiger partial charge in [0.2, 0.25) is 11.8 Å². The summed E-state index contributed by atoms with van der Waals surface area (Å²) in [5.41, 5.74) is 9.52. The fraction of sp³-hybridized carbons (Fsp3) is 0.263. The van der Waals surface area contributed by atoms with Gasteiger partial charge in [0.1, 0.15) is 0 Å². The van der Waals surface area contributed by atoms with Crippen molar-refractivity contribution >= 4 is 17.5 Å². The highest BCUT2D eigenvalue weighted by Gasteiger charge is 2.26. The third-order valence-corrected chi connectivity index (χ3v) is 4.54. The molecule has 1 aliphatic rings. The highest BCUT2D eigenvalue weighted by Crippen LogP contribution is 2.32. The zero-order valence-corrected chi connectivity index (χ0v) is 13.1. The lowest BCUT2D eigenvalue weighted by molar-refractivity contribution is -0.117. The van der Waals surface area contributed by atoms with Crippen molar-refractivity contribution in [2.24, 2.45) is 5.73 Å². The lowest BCUT2D eigenvalue weighted by Crippen LogP contribution is -2.25. The molecule has 0 aliphatic heterocycles. The maximum atomic E-state index is 12.7. The van der Waals surface area contributed by atoms with Crippen LogP contribution in [-0.4, -0.2) is 11.8 Å². The smallest absolute Gasteiger partial charge is 0.249 e. The number of hydrogen-bond acceptors (Lipinski definition) is 2. The van der Waals surface area contributed by atoms with Gasteiger partial charge in [0.25, 0.3) is 0 Å². The van der Waals surface area contributed by atoms with E-state index in [1.165, 1.54) is 5.56 Å². The Morgan fingerprint density at radius 2 is 1.91 bits per heavy atom. The first-order valence-corrected chi connectivity index (χ1v) is 7.86. The standard InChI is InChI=1S/C19H20N2O2/c1-12-14(18(20)22)9-5-11-17(12)21-19(23)16-10-4-7-13-6-2-3-8-15(13)16/h2-3,5-6,8-9,11,16H,4,7,10H2,1H3,(H2,20,22)(H,21,23). The molecule has 0 saturated carbocycles. The first-order valence-electron chi connectivity index (χ1n) is 7.86. The molecular weight excluding hydrogens is 288 g/mol. The van der Waals surface area contributed by atoms with E-state index in [1.807, 2.05) is 18.2 Å². The quantitative estimate of drug-likeness (QED) is 0.914. The van der Waals surface area contributed by atoms with Gasteiger partial charge in [0.05, 0.1) is 5.92 Å². The average Bonchev–Trinajstić information content (AvgIpc) is 2.56. The fourth-order valence-electron chi connectivity index (χ4n) is 3.28. The highest BCUT2D eigenvalue weighted by atomic mass is 16.2. The molecule has 23 heavy (non-hydrogen) atoms. The Hall–Kier alpha value is -2.62. The second kappa shape index (κ2) is 6.24. The van der Waals surface area contributed by atoms with Gasteiger partial charge >= 0.3 is 0 Å². The van der Waals surface area contributed by atoms with Crippen LogP contribution < -0.4 is 11.1 Å². The van der Waals surface area contributed by atoms with Crippen molar-refractivity contribution < 1.29 is 9.59 Å². The summed E-state index contributed by atoms with van der Waals surface area (Å²) in [5.74, 6) is -0.653. The second-order valence-electron chi connectivity index (χ2n) is 5.98. The van der Waals surface area contributed by atoms with Gasteiger partial charge in [-0.2, -0.15) is 0 Å². The van der Waals surface area contributed by atoms with Gasteiger partial charge in [-0.1, -0.05) is 30.3 Å². The third-order valence-electron chi connectivity index (χ3n) is 4.54. The number of rotatable bonds is 3. The second-order valence-corrected chi connectivity index (χ2v) is 5.98. The van der Waals surface area contributed by atoms with E-state index in [9.17, 15) is 9.59 Å². The van der Waals surface area contributed by atoms with Crippen LogP contribution in [0.2, 0.25) is 0 Å². The number of fused-ring (bicyclic) bond motifs is 1. The summed E-state index contributed by atoms with van der Waals surface area (Å²) < 4.78 is 0. The molecule has 3 rings (SSSR count). The molecule has 0 fully saturated rings. The predicted molar refractivity (Wildman–Crippen MR) is 90.4 cm³/mol. The monoisotopic (exact) mass is 308 g/mol. The molecule has 1 aliphatic carbocycles.